The molecule has 1 aromatic heterocycles. The van der Waals surface area contributed by atoms with E-state index in [2.05, 4.69) is 10.4 Å². The molecule has 2 rings (SSSR count). The van der Waals surface area contributed by atoms with Gasteiger partial charge in [0.1, 0.15) is 0 Å². The second-order valence-electron chi connectivity index (χ2n) is 6.10. The lowest BCUT2D eigenvalue weighted by atomic mass is 9.86. The van der Waals surface area contributed by atoms with Gasteiger partial charge < -0.3 is 15.2 Å². The molecule has 1 saturated heterocycles. The van der Waals surface area contributed by atoms with Gasteiger partial charge in [0.25, 0.3) is 5.91 Å². The number of aromatic nitrogens is 2. The molecule has 22 heavy (non-hydrogen) atoms. The van der Waals surface area contributed by atoms with Gasteiger partial charge in [-0.3, -0.25) is 14.3 Å². The number of carbonyl (C=O) groups is 2. The largest absolute Gasteiger partial charge is 0.481 e. The van der Waals surface area contributed by atoms with E-state index < -0.39 is 11.5 Å². The predicted octanol–water partition coefficient (Wildman–Crippen LogP) is 1.53. The minimum Gasteiger partial charge on any atom is -0.481 e. The normalized spacial score (nSPS) is 17.5. The average Bonchev–Trinajstić information content (AvgIpc) is 2.80. The van der Waals surface area contributed by atoms with Crippen LogP contribution in [0.4, 0.5) is 0 Å². The molecule has 1 aliphatic heterocycles. The molecule has 0 spiro atoms. The first-order valence-electron chi connectivity index (χ1n) is 7.51. The minimum absolute atomic E-state index is 0.0978. The SMILES string of the molecule is Cc1c(C(=O)NC2(CC(=O)O)CCOCC2)cnn1C(C)C. The van der Waals surface area contributed by atoms with E-state index >= 15 is 0 Å². The van der Waals surface area contributed by atoms with E-state index in [1.54, 1.807) is 10.9 Å². The van der Waals surface area contributed by atoms with Gasteiger partial charge >= 0.3 is 5.97 Å². The molecule has 1 aliphatic rings. The fourth-order valence-electron chi connectivity index (χ4n) is 2.87. The van der Waals surface area contributed by atoms with Crippen molar-refractivity contribution < 1.29 is 19.4 Å². The standard InChI is InChI=1S/C15H23N3O4/c1-10(2)18-11(3)12(9-16-18)14(21)17-15(8-13(19)20)4-6-22-7-5-15/h9-10H,4-8H2,1-3H3,(H,17,21)(H,19,20). The molecule has 0 unspecified atom stereocenters. The monoisotopic (exact) mass is 309 g/mol. The van der Waals surface area contributed by atoms with Gasteiger partial charge in [-0.1, -0.05) is 0 Å². The zero-order valence-corrected chi connectivity index (χ0v) is 13.3. The van der Waals surface area contributed by atoms with E-state index in [1.807, 2.05) is 20.8 Å². The summed E-state index contributed by atoms with van der Waals surface area (Å²) < 4.78 is 7.07. The van der Waals surface area contributed by atoms with Crippen LogP contribution in [0.25, 0.3) is 0 Å². The summed E-state index contributed by atoms with van der Waals surface area (Å²) in [5, 5.41) is 16.3. The van der Waals surface area contributed by atoms with Crippen LogP contribution in [-0.4, -0.2) is 45.5 Å². The molecule has 122 valence electrons. The van der Waals surface area contributed by atoms with Crippen LogP contribution in [0.5, 0.6) is 0 Å². The molecule has 7 nitrogen and oxygen atoms in total. The number of nitrogens with zero attached hydrogens (tertiary/aromatic N) is 2. The third-order valence-corrected chi connectivity index (χ3v) is 4.10. The number of hydrogen-bond donors (Lipinski definition) is 2. The summed E-state index contributed by atoms with van der Waals surface area (Å²) in [4.78, 5) is 23.7. The molecular formula is C15H23N3O4. The van der Waals surface area contributed by atoms with Gasteiger partial charge in [-0.15, -0.1) is 0 Å². The first kappa shape index (κ1) is 16.5. The molecule has 0 atom stereocenters. The van der Waals surface area contributed by atoms with Crippen LogP contribution in [-0.2, 0) is 9.53 Å². The number of amides is 1. The number of carboxylic acids is 1. The summed E-state index contributed by atoms with van der Waals surface area (Å²) in [5.74, 6) is -1.19. The number of ether oxygens (including phenoxy) is 1. The quantitative estimate of drug-likeness (QED) is 0.860. The van der Waals surface area contributed by atoms with Gasteiger partial charge in [-0.05, 0) is 33.6 Å². The maximum Gasteiger partial charge on any atom is 0.305 e. The van der Waals surface area contributed by atoms with Crippen LogP contribution in [0, 0.1) is 6.92 Å². The van der Waals surface area contributed by atoms with Gasteiger partial charge in [0.15, 0.2) is 0 Å². The predicted molar refractivity (Wildman–Crippen MR) is 79.9 cm³/mol. The second-order valence-corrected chi connectivity index (χ2v) is 6.10. The van der Waals surface area contributed by atoms with Gasteiger partial charge in [0.05, 0.1) is 23.7 Å². The van der Waals surface area contributed by atoms with Crippen LogP contribution < -0.4 is 5.32 Å². The minimum atomic E-state index is -0.920. The van der Waals surface area contributed by atoms with Gasteiger partial charge in [0, 0.05) is 24.9 Å². The smallest absolute Gasteiger partial charge is 0.305 e. The van der Waals surface area contributed by atoms with Crippen molar-refractivity contribution in [1.29, 1.82) is 0 Å². The lowest BCUT2D eigenvalue weighted by molar-refractivity contribution is -0.139. The number of nitrogens with one attached hydrogen (secondary N) is 1. The molecule has 1 amide bonds. The first-order valence-corrected chi connectivity index (χ1v) is 7.51. The highest BCUT2D eigenvalue weighted by atomic mass is 16.5. The number of hydrogen-bond acceptors (Lipinski definition) is 4. The molecule has 0 radical (unpaired) electrons. The van der Waals surface area contributed by atoms with Crippen molar-refractivity contribution in [2.45, 2.75) is 51.6 Å². The summed E-state index contributed by atoms with van der Waals surface area (Å²) in [6, 6.07) is 0.164. The summed E-state index contributed by atoms with van der Waals surface area (Å²) in [6.07, 6.45) is 2.45. The Morgan fingerprint density at radius 2 is 2.09 bits per heavy atom. The van der Waals surface area contributed by atoms with Crippen molar-refractivity contribution in [3.63, 3.8) is 0 Å². The maximum absolute atomic E-state index is 12.6. The van der Waals surface area contributed by atoms with E-state index in [1.165, 1.54) is 0 Å². The van der Waals surface area contributed by atoms with Crippen molar-refractivity contribution in [3.05, 3.63) is 17.5 Å². The molecule has 2 heterocycles. The van der Waals surface area contributed by atoms with E-state index in [9.17, 15) is 9.59 Å². The zero-order chi connectivity index (χ0) is 16.3. The average molecular weight is 309 g/mol. The van der Waals surface area contributed by atoms with Crippen molar-refractivity contribution in [3.8, 4) is 0 Å². The van der Waals surface area contributed by atoms with E-state index in [0.29, 0.717) is 31.6 Å². The lowest BCUT2D eigenvalue weighted by Crippen LogP contribution is -2.53. The molecule has 1 fully saturated rings. The maximum atomic E-state index is 12.6. The summed E-state index contributed by atoms with van der Waals surface area (Å²) in [6.45, 7) is 6.74. The Balaban J connectivity index is 2.19. The van der Waals surface area contributed by atoms with Crippen molar-refractivity contribution >= 4 is 11.9 Å². The molecule has 2 N–H and O–H groups in total. The fourth-order valence-corrected chi connectivity index (χ4v) is 2.87. The third kappa shape index (κ3) is 3.47. The fraction of sp³-hybridized carbons (Fsp3) is 0.667. The lowest BCUT2D eigenvalue weighted by Gasteiger charge is -2.36. The highest BCUT2D eigenvalue weighted by molar-refractivity contribution is 5.95. The van der Waals surface area contributed by atoms with Crippen molar-refractivity contribution in [1.82, 2.24) is 15.1 Å². The van der Waals surface area contributed by atoms with E-state index in [4.69, 9.17) is 9.84 Å². The third-order valence-electron chi connectivity index (χ3n) is 4.10. The van der Waals surface area contributed by atoms with Crippen molar-refractivity contribution in [2.75, 3.05) is 13.2 Å². The Labute approximate surface area is 129 Å². The molecule has 7 heteroatoms. The van der Waals surface area contributed by atoms with E-state index in [-0.39, 0.29) is 18.4 Å². The van der Waals surface area contributed by atoms with Crippen molar-refractivity contribution in [2.24, 2.45) is 0 Å². The summed E-state index contributed by atoms with van der Waals surface area (Å²) >= 11 is 0. The van der Waals surface area contributed by atoms with Crippen LogP contribution in [0.15, 0.2) is 6.20 Å². The number of carbonyl (C=O) groups excluding carboxylic acids is 1. The van der Waals surface area contributed by atoms with Crippen LogP contribution in [0.2, 0.25) is 0 Å². The first-order chi connectivity index (χ1) is 10.3. The number of aliphatic carboxylic acids is 1. The molecule has 0 aliphatic carbocycles. The van der Waals surface area contributed by atoms with Gasteiger partial charge in [-0.2, -0.15) is 5.10 Å². The van der Waals surface area contributed by atoms with E-state index in [0.717, 1.165) is 5.69 Å². The Morgan fingerprint density at radius 1 is 1.45 bits per heavy atom. The molecule has 0 aromatic carbocycles. The van der Waals surface area contributed by atoms with Crippen LogP contribution in [0.3, 0.4) is 0 Å². The Hall–Kier alpha value is -1.89. The Kier molecular flexibility index (Phi) is 4.85. The van der Waals surface area contributed by atoms with Gasteiger partial charge in [-0.25, -0.2) is 0 Å². The topological polar surface area (TPSA) is 93.5 Å². The van der Waals surface area contributed by atoms with Gasteiger partial charge in [0.2, 0.25) is 0 Å². The highest BCUT2D eigenvalue weighted by Crippen LogP contribution is 2.25. The van der Waals surface area contributed by atoms with Crippen LogP contribution in [0.1, 0.15) is 55.2 Å². The van der Waals surface area contributed by atoms with Crippen LogP contribution >= 0.6 is 0 Å². The Morgan fingerprint density at radius 3 is 2.59 bits per heavy atom. The summed E-state index contributed by atoms with van der Waals surface area (Å²) in [5.41, 5.74) is 0.531. The highest BCUT2D eigenvalue weighted by Gasteiger charge is 2.37. The second kappa shape index (κ2) is 6.48. The molecule has 1 aromatic rings. The Bertz CT molecular complexity index is 559. The number of rotatable bonds is 5. The summed E-state index contributed by atoms with van der Waals surface area (Å²) in [7, 11) is 0. The zero-order valence-electron chi connectivity index (χ0n) is 13.3. The molecule has 0 saturated carbocycles. The molecular weight excluding hydrogens is 286 g/mol. The number of carboxylic acid groups (broad SMARTS) is 1. The molecule has 0 bridgehead atoms.